The smallest absolute Gasteiger partial charge is 0.455 e. The van der Waals surface area contributed by atoms with Gasteiger partial charge in [-0.1, -0.05) is 100.0 Å². The summed E-state index contributed by atoms with van der Waals surface area (Å²) < 4.78 is 15.0. The van der Waals surface area contributed by atoms with Crippen LogP contribution in [0.2, 0.25) is 0 Å². The Morgan fingerprint density at radius 2 is 1.08 bits per heavy atom. The van der Waals surface area contributed by atoms with Gasteiger partial charge >= 0.3 is 7.12 Å². The molecule has 8 aromatic rings. The van der Waals surface area contributed by atoms with Crippen LogP contribution in [0.5, 0.6) is 0 Å². The minimum Gasteiger partial charge on any atom is -0.455 e. The number of halogens is 3. The molecule has 0 bridgehead atoms. The third-order valence-electron chi connectivity index (χ3n) is 7.68. The number of nitro benzene ring substituents is 2. The molecule has 51 heavy (non-hydrogen) atoms. The third-order valence-corrected chi connectivity index (χ3v) is 9.51. The van der Waals surface area contributed by atoms with E-state index in [1.165, 1.54) is 41.1 Å². The predicted octanol–water partition coefficient (Wildman–Crippen LogP) is 10.8. The summed E-state index contributed by atoms with van der Waals surface area (Å²) in [6, 6.07) is 36.1. The first-order chi connectivity index (χ1) is 24.0. The monoisotopic (exact) mass is 922 g/mol. The van der Waals surface area contributed by atoms with Crippen LogP contribution >= 0.6 is 54.5 Å². The Hall–Kier alpha value is -4.61. The van der Waals surface area contributed by atoms with Gasteiger partial charge in [0.25, 0.3) is 11.4 Å². The molecule has 0 aliphatic rings. The zero-order chi connectivity index (χ0) is 35.5. The summed E-state index contributed by atoms with van der Waals surface area (Å²) in [5.74, 6) is 0. The summed E-state index contributed by atoms with van der Waals surface area (Å²) in [5, 5.41) is 43.3. The lowest BCUT2D eigenvalue weighted by Crippen LogP contribution is -2.31. The highest BCUT2D eigenvalue weighted by atomic mass is 127. The van der Waals surface area contributed by atoms with Crippen LogP contribution < -0.4 is 5.46 Å². The number of para-hydroxylation sites is 4. The van der Waals surface area contributed by atoms with E-state index in [9.17, 15) is 20.2 Å². The molecule has 0 saturated carbocycles. The molecule has 14 heteroatoms. The molecule has 0 atom stereocenters. The maximum atomic E-state index is 11.3. The van der Waals surface area contributed by atoms with Gasteiger partial charge < -0.3 is 18.9 Å². The van der Waals surface area contributed by atoms with Crippen LogP contribution in [0.25, 0.3) is 55.0 Å². The molecule has 0 saturated heterocycles. The quantitative estimate of drug-likeness (QED) is 0.0766. The molecule has 0 radical (unpaired) electrons. The summed E-state index contributed by atoms with van der Waals surface area (Å²) in [7, 11) is -1.80. The van der Waals surface area contributed by atoms with Crippen molar-refractivity contribution >= 4 is 122 Å². The van der Waals surface area contributed by atoms with Gasteiger partial charge in [0.2, 0.25) is 0 Å². The van der Waals surface area contributed by atoms with Crippen LogP contribution in [0.4, 0.5) is 11.4 Å². The van der Waals surface area contributed by atoms with Crippen LogP contribution in [-0.2, 0) is 0 Å². The van der Waals surface area contributed by atoms with E-state index in [0.29, 0.717) is 11.1 Å². The number of benzene rings is 6. The van der Waals surface area contributed by atoms with Gasteiger partial charge in [-0.2, -0.15) is 0 Å². The van der Waals surface area contributed by atoms with Crippen molar-refractivity contribution in [2.24, 2.45) is 0 Å². The molecule has 2 aromatic heterocycles. The van der Waals surface area contributed by atoms with Gasteiger partial charge in [-0.25, -0.2) is 0 Å². The summed E-state index contributed by atoms with van der Waals surface area (Å²) in [6.07, 6.45) is 0. The lowest BCUT2D eigenvalue weighted by atomic mass is 9.79. The predicted molar refractivity (Wildman–Crippen MR) is 217 cm³/mol. The second kappa shape index (κ2) is 16.2. The average Bonchev–Trinajstić information content (AvgIpc) is 3.67. The summed E-state index contributed by atoms with van der Waals surface area (Å²) in [5.41, 5.74) is 4.30. The zero-order valence-electron chi connectivity index (χ0n) is 25.5. The van der Waals surface area contributed by atoms with Crippen LogP contribution in [0, 0.1) is 23.8 Å². The number of hydrogen-bond acceptors (Lipinski definition) is 8. The van der Waals surface area contributed by atoms with E-state index >= 15 is 0 Å². The highest BCUT2D eigenvalue weighted by Gasteiger charge is 2.22. The van der Waals surface area contributed by atoms with Crippen molar-refractivity contribution < 1.29 is 28.7 Å². The van der Waals surface area contributed by atoms with Gasteiger partial charge in [-0.3, -0.25) is 20.2 Å². The molecule has 10 nitrogen and oxygen atoms in total. The molecule has 2 heterocycles. The minimum absolute atomic E-state index is 0. The SMILES string of the molecule is Brc1ccc2c(c1)oc1c(I)cccc12.C.O=[N+]([O-])c1ccccc1-c1cccc2c1oc1cc(Br)ccc12.O=[N+]([O-])c1ccccc1B(O)O. The lowest BCUT2D eigenvalue weighted by molar-refractivity contribution is -0.384. The number of rotatable bonds is 4. The first-order valence-corrected chi connectivity index (χ1v) is 17.4. The normalized spacial score (nSPS) is 10.6. The van der Waals surface area contributed by atoms with Gasteiger partial charge in [0.05, 0.1) is 24.4 Å². The molecule has 256 valence electrons. The number of hydrogen-bond donors (Lipinski definition) is 2. The summed E-state index contributed by atoms with van der Waals surface area (Å²) in [6.45, 7) is 0. The fourth-order valence-electron chi connectivity index (χ4n) is 5.45. The van der Waals surface area contributed by atoms with Crippen molar-refractivity contribution in [1.29, 1.82) is 0 Å². The number of nitrogens with zero attached hydrogens (tertiary/aromatic N) is 2. The fourth-order valence-corrected chi connectivity index (χ4v) is 6.74. The Balaban J connectivity index is 0.000000157. The van der Waals surface area contributed by atoms with Gasteiger partial charge in [0, 0.05) is 48.2 Å². The van der Waals surface area contributed by atoms with Crippen molar-refractivity contribution in [1.82, 2.24) is 0 Å². The van der Waals surface area contributed by atoms with Crippen LogP contribution in [0.1, 0.15) is 7.43 Å². The Bertz CT molecular complexity index is 2550. The molecular weight excluding hydrogens is 898 g/mol. The largest absolute Gasteiger partial charge is 0.495 e. The van der Waals surface area contributed by atoms with Crippen molar-refractivity contribution in [2.45, 2.75) is 7.43 Å². The van der Waals surface area contributed by atoms with E-state index in [4.69, 9.17) is 18.9 Å². The van der Waals surface area contributed by atoms with E-state index in [1.807, 2.05) is 48.5 Å². The number of nitro groups is 2. The van der Waals surface area contributed by atoms with E-state index in [2.05, 4.69) is 78.7 Å². The average molecular weight is 924 g/mol. The van der Waals surface area contributed by atoms with Gasteiger partial charge in [0.15, 0.2) is 0 Å². The van der Waals surface area contributed by atoms with E-state index in [0.717, 1.165) is 45.6 Å². The second-order valence-electron chi connectivity index (χ2n) is 10.7. The third kappa shape index (κ3) is 8.00. The molecule has 2 N–H and O–H groups in total. The molecule has 0 fully saturated rings. The van der Waals surface area contributed by atoms with Crippen molar-refractivity contribution in [3.8, 4) is 11.1 Å². The number of fused-ring (bicyclic) bond motifs is 6. The highest BCUT2D eigenvalue weighted by molar-refractivity contribution is 14.1. The van der Waals surface area contributed by atoms with Crippen molar-refractivity contribution in [3.05, 3.63) is 154 Å². The molecule has 6 aromatic carbocycles. The molecule has 0 aliphatic heterocycles. The van der Waals surface area contributed by atoms with Crippen molar-refractivity contribution in [2.75, 3.05) is 0 Å². The zero-order valence-corrected chi connectivity index (χ0v) is 30.8. The van der Waals surface area contributed by atoms with Crippen LogP contribution in [0.3, 0.4) is 0 Å². The first kappa shape index (κ1) is 37.6. The summed E-state index contributed by atoms with van der Waals surface area (Å²) in [4.78, 5) is 20.6. The van der Waals surface area contributed by atoms with Gasteiger partial charge in [-0.05, 0) is 71.1 Å². The Labute approximate surface area is 321 Å². The molecule has 0 aliphatic carbocycles. The summed E-state index contributed by atoms with van der Waals surface area (Å²) >= 11 is 9.18. The first-order valence-electron chi connectivity index (χ1n) is 14.7. The number of furan rings is 2. The molecule has 0 amide bonds. The Kier molecular flexibility index (Phi) is 11.9. The second-order valence-corrected chi connectivity index (χ2v) is 13.7. The Morgan fingerprint density at radius 3 is 1.65 bits per heavy atom. The molecule has 0 unspecified atom stereocenters. The Morgan fingerprint density at radius 1 is 0.588 bits per heavy atom. The van der Waals surface area contributed by atoms with E-state index in [1.54, 1.807) is 18.2 Å². The fraction of sp³-hybridized carbons (Fsp3) is 0.0270. The minimum atomic E-state index is -1.80. The molecule has 0 spiro atoms. The standard InChI is InChI=1S/C18H10BrNO3.C12H6BrIO.C6H6BNO4.CH4/c19-11-8-9-13-15-6-3-5-14(18(15)23-17(13)10-11)12-4-1-2-7-16(12)20(21)22;13-7-4-5-8-9-2-1-3-10(14)12(9)15-11(8)6-7;9-7(10)5-3-1-2-4-6(5)8(11)12;/h1-10H;1-6H;1-4,9-10H;1H4. The maximum absolute atomic E-state index is 11.3. The van der Waals surface area contributed by atoms with Crippen LogP contribution in [-0.4, -0.2) is 27.0 Å². The van der Waals surface area contributed by atoms with Gasteiger partial charge in [-0.15, -0.1) is 0 Å². The van der Waals surface area contributed by atoms with E-state index < -0.39 is 12.0 Å². The van der Waals surface area contributed by atoms with Crippen molar-refractivity contribution in [3.63, 3.8) is 0 Å². The van der Waals surface area contributed by atoms with E-state index in [-0.39, 0.29) is 29.2 Å². The van der Waals surface area contributed by atoms with Crippen LogP contribution in [0.15, 0.2) is 139 Å². The highest BCUT2D eigenvalue weighted by Crippen LogP contribution is 2.39. The van der Waals surface area contributed by atoms with Gasteiger partial charge in [0.1, 0.15) is 22.3 Å². The topological polar surface area (TPSA) is 153 Å². The maximum Gasteiger partial charge on any atom is 0.495 e. The molecular formula is C37H26BBr2IN2O8. The lowest BCUT2D eigenvalue weighted by Gasteiger charge is -2.03. The molecule has 8 rings (SSSR count).